The Morgan fingerprint density at radius 2 is 1.63 bits per heavy atom. The van der Waals surface area contributed by atoms with Crippen molar-refractivity contribution in [2.75, 3.05) is 0 Å². The summed E-state index contributed by atoms with van der Waals surface area (Å²) in [6.45, 7) is 2.13. The van der Waals surface area contributed by atoms with E-state index in [2.05, 4.69) is 53.2 Å². The van der Waals surface area contributed by atoms with Crippen molar-refractivity contribution < 1.29 is 24.2 Å². The van der Waals surface area contributed by atoms with Crippen molar-refractivity contribution in [2.24, 2.45) is 0 Å². The van der Waals surface area contributed by atoms with E-state index in [0.717, 1.165) is 22.4 Å². The van der Waals surface area contributed by atoms with Crippen molar-refractivity contribution >= 4 is 0 Å². The molecule has 3 nitrogen and oxygen atoms in total. The predicted octanol–water partition coefficient (Wildman–Crippen LogP) is 7.10. The second kappa shape index (κ2) is 10.4. The first kappa shape index (κ1) is 20.9. The van der Waals surface area contributed by atoms with Crippen LogP contribution in [0.2, 0.25) is 0 Å². The van der Waals surface area contributed by atoms with Gasteiger partial charge in [0.25, 0.3) is 0 Å². The molecule has 0 fully saturated rings. The van der Waals surface area contributed by atoms with E-state index in [1.807, 2.05) is 66.9 Å². The van der Waals surface area contributed by atoms with Crippen LogP contribution in [0.4, 0.5) is 0 Å². The summed E-state index contributed by atoms with van der Waals surface area (Å²) in [6, 6.07) is 28.6. The quantitative estimate of drug-likeness (QED) is 0.195. The molecule has 0 saturated heterocycles. The molecule has 0 bridgehead atoms. The van der Waals surface area contributed by atoms with Crippen LogP contribution in [0.25, 0.3) is 33.6 Å². The van der Waals surface area contributed by atoms with E-state index in [-0.39, 0.29) is 31.1 Å². The molecule has 3 heterocycles. The summed E-state index contributed by atoms with van der Waals surface area (Å²) in [4.78, 5) is 12.7. The van der Waals surface area contributed by atoms with E-state index in [4.69, 9.17) is 4.11 Å². The maximum atomic E-state index is 7.76. The number of aromatic nitrogens is 3. The number of hydrogen-bond acceptors (Lipinski definition) is 3. The van der Waals surface area contributed by atoms with Gasteiger partial charge in [0, 0.05) is 47.6 Å². The molecule has 0 aliphatic heterocycles. The van der Waals surface area contributed by atoms with Crippen LogP contribution in [-0.4, -0.2) is 15.0 Å². The van der Waals surface area contributed by atoms with Gasteiger partial charge in [0.2, 0.25) is 0 Å². The van der Waals surface area contributed by atoms with Crippen LogP contribution in [0.5, 0.6) is 0 Å². The van der Waals surface area contributed by atoms with Gasteiger partial charge in [-0.05, 0) is 40.3 Å². The van der Waals surface area contributed by atoms with Gasteiger partial charge in [-0.1, -0.05) is 69.4 Å². The van der Waals surface area contributed by atoms with Crippen molar-refractivity contribution in [3.63, 3.8) is 0 Å². The predicted molar refractivity (Wildman–Crippen MR) is 137 cm³/mol. The Labute approximate surface area is 224 Å². The van der Waals surface area contributed by atoms with Crippen molar-refractivity contribution in [3.05, 3.63) is 126 Å². The van der Waals surface area contributed by atoms with Gasteiger partial charge in [-0.25, -0.2) is 0 Å². The van der Waals surface area contributed by atoms with Gasteiger partial charge in [0.05, 0.1) is 0 Å². The average Bonchev–Trinajstić information content (AvgIpc) is 3.16. The molecule has 35 heavy (non-hydrogen) atoms. The molecule has 0 unspecified atom stereocenters. The summed E-state index contributed by atoms with van der Waals surface area (Å²) >= 11 is 0. The summed E-state index contributed by atoms with van der Waals surface area (Å²) in [5.74, 6) is 0. The molecule has 3 aromatic heterocycles. The largest absolute Gasteiger partial charge is 0.360 e. The van der Waals surface area contributed by atoms with E-state index in [9.17, 15) is 0 Å². The van der Waals surface area contributed by atoms with E-state index < -0.39 is 6.85 Å². The summed E-state index contributed by atoms with van der Waals surface area (Å²) < 4.78 is 23.3. The molecule has 1 radical (unpaired) electrons. The zero-order chi connectivity index (χ0) is 26.0. The zero-order valence-electron chi connectivity index (χ0n) is 22.4. The van der Waals surface area contributed by atoms with Crippen LogP contribution >= 0.6 is 0 Å². The summed E-state index contributed by atoms with van der Waals surface area (Å²) in [5.41, 5.74) is 7.81. The third kappa shape index (κ3) is 4.86. The van der Waals surface area contributed by atoms with E-state index >= 15 is 0 Å². The minimum atomic E-state index is -2.23. The van der Waals surface area contributed by atoms with Gasteiger partial charge < -0.3 is 15.0 Å². The van der Waals surface area contributed by atoms with E-state index in [1.165, 1.54) is 23.4 Å². The number of benzene rings is 2. The topological polar surface area (TPSA) is 38.7 Å². The van der Waals surface area contributed by atoms with Crippen molar-refractivity contribution in [1.29, 1.82) is 0 Å². The molecule has 0 amide bonds. The number of nitrogens with zero attached hydrogens (tertiary/aromatic N) is 3. The zero-order valence-corrected chi connectivity index (χ0v) is 21.8. The number of hydrogen-bond donors (Lipinski definition) is 0. The number of fused-ring (bicyclic) bond motifs is 3. The summed E-state index contributed by atoms with van der Waals surface area (Å²) in [7, 11) is 0. The molecule has 0 N–H and O–H groups in total. The van der Waals surface area contributed by atoms with Gasteiger partial charge in [-0.3, -0.25) is 0 Å². The van der Waals surface area contributed by atoms with Crippen LogP contribution in [0.3, 0.4) is 0 Å². The summed E-state index contributed by atoms with van der Waals surface area (Å²) in [6.07, 6.45) is 7.91. The van der Waals surface area contributed by atoms with Crippen molar-refractivity contribution in [1.82, 2.24) is 15.0 Å². The maximum absolute atomic E-state index is 7.76. The van der Waals surface area contributed by atoms with Crippen molar-refractivity contribution in [3.8, 4) is 33.6 Å². The van der Waals surface area contributed by atoms with E-state index in [0.29, 0.717) is 11.3 Å². The fourth-order valence-corrected chi connectivity index (χ4v) is 4.36. The summed E-state index contributed by atoms with van der Waals surface area (Å²) in [5, 5.41) is 0. The number of pyridine rings is 3. The van der Waals surface area contributed by atoms with Gasteiger partial charge >= 0.3 is 0 Å². The fraction of sp³-hybridized carbons (Fsp3) is 0.129. The fourth-order valence-electron chi connectivity index (χ4n) is 4.36. The molecule has 1 aliphatic rings. The molecular formula is C31H25IrN3-2. The molecule has 175 valence electrons. The van der Waals surface area contributed by atoms with Crippen molar-refractivity contribution in [2.45, 2.75) is 26.1 Å². The second-order valence-electron chi connectivity index (χ2n) is 8.62. The molecule has 0 atom stereocenters. The minimum Gasteiger partial charge on any atom is -0.360 e. The smallest absolute Gasteiger partial charge is 0.0242 e. The van der Waals surface area contributed by atoms with Gasteiger partial charge in [0.15, 0.2) is 0 Å². The molecule has 4 heteroatoms. The Kier molecular flexibility index (Phi) is 6.22. The Morgan fingerprint density at radius 1 is 0.800 bits per heavy atom. The van der Waals surface area contributed by atoms with Gasteiger partial charge in [-0.15, -0.1) is 53.1 Å². The van der Waals surface area contributed by atoms with Crippen LogP contribution in [-0.2, 0) is 25.5 Å². The number of aryl methyl sites for hydroxylation is 1. The second-order valence-corrected chi connectivity index (χ2v) is 8.62. The average molecular weight is 635 g/mol. The monoisotopic (exact) mass is 635 g/mol. The number of rotatable bonds is 2. The maximum Gasteiger partial charge on any atom is 0.0242 e. The SMILES string of the molecule is [2H]C([2H])([2H])c1ccn[c-]c1-c1cc2c(cn1)-c1ccccc1C2(C)C.[Ir].[c-]1ccccc1-c1ccccn1. The van der Waals surface area contributed by atoms with Crippen LogP contribution in [0.1, 0.15) is 34.7 Å². The van der Waals surface area contributed by atoms with Crippen LogP contribution in [0.15, 0.2) is 97.5 Å². The third-order valence-corrected chi connectivity index (χ3v) is 6.14. The third-order valence-electron chi connectivity index (χ3n) is 6.14. The molecule has 6 rings (SSSR count). The first-order chi connectivity index (χ1) is 17.8. The normalized spacial score (nSPS) is 14.1. The van der Waals surface area contributed by atoms with Gasteiger partial charge in [-0.2, -0.15) is 0 Å². The molecular weight excluding hydrogens is 607 g/mol. The Hall–Kier alpha value is -3.46. The first-order valence-electron chi connectivity index (χ1n) is 12.6. The van der Waals surface area contributed by atoms with E-state index in [1.54, 1.807) is 6.20 Å². The Bertz CT molecular complexity index is 1500. The van der Waals surface area contributed by atoms with Gasteiger partial charge in [0.1, 0.15) is 0 Å². The van der Waals surface area contributed by atoms with Crippen LogP contribution in [0, 0.1) is 19.1 Å². The standard InChI is InChI=1S/C20H17N2.C11H8N.Ir/c1-13-8-9-21-11-15(13)19-10-18-16(12-22-19)14-6-4-5-7-17(14)20(18,2)3;1-2-6-10(7-3-1)11-8-4-5-9-12-11;/h4-10,12H,1-3H3;1-6,8-9H;/q2*-1;/i1D3;;. The first-order valence-corrected chi connectivity index (χ1v) is 11.1. The Balaban J connectivity index is 0.000000218. The Morgan fingerprint density at radius 3 is 2.40 bits per heavy atom. The molecule has 0 spiro atoms. The molecule has 5 aromatic rings. The molecule has 2 aromatic carbocycles. The molecule has 1 aliphatic carbocycles. The minimum absolute atomic E-state index is 0. The molecule has 0 saturated carbocycles. The van der Waals surface area contributed by atoms with Crippen LogP contribution < -0.4 is 0 Å².